The number of halogens is 2. The monoisotopic (exact) mass is 640 g/mol. The molecular formula is C30H34BrFN6O2S. The Morgan fingerprint density at radius 2 is 1.85 bits per heavy atom. The number of anilines is 3. The molecule has 1 N–H and O–H groups in total. The molecule has 2 aliphatic rings. The van der Waals surface area contributed by atoms with Crippen LogP contribution in [0, 0.1) is 17.7 Å². The summed E-state index contributed by atoms with van der Waals surface area (Å²) < 4.78 is 16.5. The van der Waals surface area contributed by atoms with Crippen LogP contribution < -0.4 is 9.80 Å². The van der Waals surface area contributed by atoms with Crippen LogP contribution >= 0.6 is 27.3 Å². The van der Waals surface area contributed by atoms with Gasteiger partial charge in [-0.05, 0) is 77.5 Å². The molecule has 0 radical (unpaired) electrons. The van der Waals surface area contributed by atoms with E-state index in [0.717, 1.165) is 88.5 Å². The topological polar surface area (TPSA) is 77.2 Å². The van der Waals surface area contributed by atoms with Crippen LogP contribution in [0.25, 0.3) is 16.9 Å². The molecule has 0 amide bonds. The molecule has 0 bridgehead atoms. The van der Waals surface area contributed by atoms with E-state index in [1.807, 2.05) is 7.05 Å². The molecule has 1 saturated heterocycles. The van der Waals surface area contributed by atoms with Crippen LogP contribution in [0.5, 0.6) is 0 Å². The fourth-order valence-corrected chi connectivity index (χ4v) is 7.35. The van der Waals surface area contributed by atoms with Crippen LogP contribution in [-0.4, -0.2) is 76.5 Å². The van der Waals surface area contributed by atoms with Gasteiger partial charge in [-0.2, -0.15) is 0 Å². The number of piperazine rings is 1. The molecule has 216 valence electrons. The van der Waals surface area contributed by atoms with Crippen LogP contribution in [0.4, 0.5) is 21.0 Å². The molecule has 0 spiro atoms. The molecule has 1 saturated carbocycles. The van der Waals surface area contributed by atoms with Crippen LogP contribution in [0.15, 0.2) is 46.4 Å². The van der Waals surface area contributed by atoms with Gasteiger partial charge in [0, 0.05) is 57.5 Å². The number of Topliss-reactive ketones (excluding diaryl/α,β-unsaturated/α-hetero) is 1. The number of hydrogen-bond acceptors (Lipinski definition) is 8. The number of imidazole rings is 1. The van der Waals surface area contributed by atoms with Crippen molar-refractivity contribution in [3.63, 3.8) is 0 Å². The maximum Gasteiger partial charge on any atom is 0.192 e. The zero-order chi connectivity index (χ0) is 28.7. The van der Waals surface area contributed by atoms with Crippen molar-refractivity contribution in [3.8, 4) is 11.3 Å². The maximum absolute atomic E-state index is 13.5. The van der Waals surface area contributed by atoms with Crippen LogP contribution in [0.1, 0.15) is 25.5 Å². The van der Waals surface area contributed by atoms with Gasteiger partial charge >= 0.3 is 0 Å². The van der Waals surface area contributed by atoms with Crippen molar-refractivity contribution in [1.29, 1.82) is 0 Å². The lowest BCUT2D eigenvalue weighted by Crippen LogP contribution is -2.49. The minimum absolute atomic E-state index is 0.127. The summed E-state index contributed by atoms with van der Waals surface area (Å²) in [7, 11) is 2.01. The maximum atomic E-state index is 13.5. The van der Waals surface area contributed by atoms with E-state index in [2.05, 4.69) is 60.3 Å². The van der Waals surface area contributed by atoms with Crippen LogP contribution in [-0.2, 0) is 11.2 Å². The average Bonchev–Trinajstić information content (AvgIpc) is 3.53. The molecule has 8 nitrogen and oxygen atoms in total. The minimum atomic E-state index is -0.271. The average molecular weight is 642 g/mol. The zero-order valence-corrected chi connectivity index (χ0v) is 25.7. The van der Waals surface area contributed by atoms with Gasteiger partial charge in [-0.3, -0.25) is 14.1 Å². The number of fused-ring (bicyclic) bond motifs is 1. The molecule has 41 heavy (non-hydrogen) atoms. The molecule has 1 aliphatic heterocycles. The van der Waals surface area contributed by atoms with Crippen molar-refractivity contribution in [2.45, 2.75) is 26.2 Å². The van der Waals surface area contributed by atoms with E-state index in [1.54, 1.807) is 12.1 Å². The summed E-state index contributed by atoms with van der Waals surface area (Å²) in [5.41, 5.74) is 4.63. The van der Waals surface area contributed by atoms with Crippen molar-refractivity contribution in [3.05, 3.63) is 57.9 Å². The summed E-state index contributed by atoms with van der Waals surface area (Å²) >= 11 is 5.20. The molecule has 1 aromatic carbocycles. The first-order chi connectivity index (χ1) is 19.8. The Hall–Kier alpha value is -2.86. The number of aryl methyl sites for hydroxylation is 1. The number of carbonyl (C=O) groups is 1. The first-order valence-corrected chi connectivity index (χ1v) is 15.7. The largest absolute Gasteiger partial charge is 0.396 e. The minimum Gasteiger partial charge on any atom is -0.396 e. The Morgan fingerprint density at radius 3 is 2.54 bits per heavy atom. The molecule has 3 aromatic heterocycles. The Balaban J connectivity index is 1.19. The number of aromatic nitrogens is 3. The molecule has 6 rings (SSSR count). The van der Waals surface area contributed by atoms with Gasteiger partial charge in [0.05, 0.1) is 27.4 Å². The fourth-order valence-electron chi connectivity index (χ4n) is 5.82. The predicted molar refractivity (Wildman–Crippen MR) is 165 cm³/mol. The number of rotatable bonds is 9. The predicted octanol–water partition coefficient (Wildman–Crippen LogP) is 5.40. The SMILES string of the molecule is CCc1nc2ccc(N3CCN(CC(=O)C4CC(CO)C4)CC3)cn2c1N(C)c1nc(-c2ccc(F)cc2)c(Br)s1. The van der Waals surface area contributed by atoms with Gasteiger partial charge in [0.15, 0.2) is 5.13 Å². The second-order valence-electron chi connectivity index (χ2n) is 11.0. The van der Waals surface area contributed by atoms with Crippen molar-refractivity contribution < 1.29 is 14.3 Å². The zero-order valence-electron chi connectivity index (χ0n) is 23.3. The number of carbonyl (C=O) groups excluding carboxylic acids is 1. The lowest BCUT2D eigenvalue weighted by Gasteiger charge is -2.38. The Kier molecular flexibility index (Phi) is 8.13. The molecule has 1 aliphatic carbocycles. The third-order valence-corrected chi connectivity index (χ3v) is 10.1. The van der Waals surface area contributed by atoms with Crippen LogP contribution in [0.3, 0.4) is 0 Å². The number of nitrogens with zero attached hydrogens (tertiary/aromatic N) is 6. The summed E-state index contributed by atoms with van der Waals surface area (Å²) in [5.74, 6) is 1.46. The molecular weight excluding hydrogens is 607 g/mol. The van der Waals surface area contributed by atoms with Gasteiger partial charge in [-0.1, -0.05) is 18.3 Å². The Bertz CT molecular complexity index is 1540. The number of aliphatic hydroxyl groups excluding tert-OH is 1. The smallest absolute Gasteiger partial charge is 0.192 e. The van der Waals surface area contributed by atoms with Gasteiger partial charge in [0.25, 0.3) is 0 Å². The molecule has 4 aromatic rings. The summed E-state index contributed by atoms with van der Waals surface area (Å²) in [6.07, 6.45) is 4.60. The molecule has 0 atom stereocenters. The van der Waals surface area contributed by atoms with E-state index in [0.29, 0.717) is 18.2 Å². The van der Waals surface area contributed by atoms with Gasteiger partial charge in [0.1, 0.15) is 23.1 Å². The fraction of sp³-hybridized carbons (Fsp3) is 0.433. The lowest BCUT2D eigenvalue weighted by atomic mass is 9.73. The third-order valence-electron chi connectivity index (χ3n) is 8.34. The molecule has 2 fully saturated rings. The second kappa shape index (κ2) is 11.8. The van der Waals surface area contributed by atoms with E-state index in [1.165, 1.54) is 23.5 Å². The van der Waals surface area contributed by atoms with Crippen molar-refractivity contribution in [1.82, 2.24) is 19.3 Å². The number of ketones is 1. The highest BCUT2D eigenvalue weighted by Crippen LogP contribution is 2.40. The van der Waals surface area contributed by atoms with Crippen molar-refractivity contribution in [2.75, 3.05) is 56.2 Å². The third kappa shape index (κ3) is 5.64. The van der Waals surface area contributed by atoms with E-state index in [4.69, 9.17) is 9.97 Å². The van der Waals surface area contributed by atoms with Gasteiger partial charge in [-0.25, -0.2) is 14.4 Å². The number of pyridine rings is 1. The van der Waals surface area contributed by atoms with E-state index in [9.17, 15) is 14.3 Å². The second-order valence-corrected chi connectivity index (χ2v) is 13.3. The highest BCUT2D eigenvalue weighted by Gasteiger charge is 2.34. The lowest BCUT2D eigenvalue weighted by molar-refractivity contribution is -0.128. The van der Waals surface area contributed by atoms with E-state index < -0.39 is 0 Å². The number of thiazole rings is 1. The molecule has 11 heteroatoms. The highest BCUT2D eigenvalue weighted by molar-refractivity contribution is 9.11. The highest BCUT2D eigenvalue weighted by atomic mass is 79.9. The van der Waals surface area contributed by atoms with Gasteiger partial charge < -0.3 is 14.9 Å². The standard InChI is InChI=1S/C30H34BrFN6O2S/c1-3-24-29(35(2)30-34-27(28(31)41-30)20-4-6-22(32)7-5-20)38-16-23(8-9-26(38)33-24)37-12-10-36(11-13-37)17-25(40)21-14-19(15-21)18-39/h4-9,16,19,21,39H,3,10-15,17-18H2,1-2H3. The first kappa shape index (κ1) is 28.3. The van der Waals surface area contributed by atoms with Crippen LogP contribution in [0.2, 0.25) is 0 Å². The van der Waals surface area contributed by atoms with Gasteiger partial charge in [-0.15, -0.1) is 0 Å². The normalized spacial score (nSPS) is 19.5. The van der Waals surface area contributed by atoms with Gasteiger partial charge in [0.2, 0.25) is 0 Å². The summed E-state index contributed by atoms with van der Waals surface area (Å²) in [5, 5.41) is 10.1. The van der Waals surface area contributed by atoms with Crippen molar-refractivity contribution in [2.24, 2.45) is 11.8 Å². The van der Waals surface area contributed by atoms with Crippen molar-refractivity contribution >= 4 is 55.3 Å². The first-order valence-electron chi connectivity index (χ1n) is 14.1. The number of hydrogen-bond donors (Lipinski definition) is 1. The number of aliphatic hydroxyl groups is 1. The summed E-state index contributed by atoms with van der Waals surface area (Å²) in [6, 6.07) is 10.6. The molecule has 4 heterocycles. The quantitative estimate of drug-likeness (QED) is 0.263. The summed E-state index contributed by atoms with van der Waals surface area (Å²) in [4.78, 5) is 29.2. The van der Waals surface area contributed by atoms with E-state index in [-0.39, 0.29) is 18.3 Å². The summed E-state index contributed by atoms with van der Waals surface area (Å²) in [6.45, 7) is 6.20. The van der Waals surface area contributed by atoms with E-state index >= 15 is 0 Å². The molecule has 0 unspecified atom stereocenters. The number of benzene rings is 1. The Labute approximate surface area is 251 Å². The Morgan fingerprint density at radius 1 is 1.12 bits per heavy atom.